The molecule has 7 heteroatoms. The molecule has 3 rings (SSSR count). The van der Waals surface area contributed by atoms with Gasteiger partial charge in [-0.2, -0.15) is 5.10 Å². The maximum absolute atomic E-state index is 12.2. The quantitative estimate of drug-likeness (QED) is 0.907. The minimum absolute atomic E-state index is 0.167. The lowest BCUT2D eigenvalue weighted by molar-refractivity contribution is 0.0702. The summed E-state index contributed by atoms with van der Waals surface area (Å²) >= 11 is 1.10. The van der Waals surface area contributed by atoms with E-state index in [1.807, 2.05) is 10.7 Å². The molecule has 0 spiro atoms. The van der Waals surface area contributed by atoms with E-state index in [1.54, 1.807) is 6.92 Å². The molecule has 3 heterocycles. The zero-order chi connectivity index (χ0) is 14.3. The highest BCUT2D eigenvalue weighted by atomic mass is 32.1. The predicted molar refractivity (Wildman–Crippen MR) is 74.5 cm³/mol. The first kappa shape index (κ1) is 12.9. The summed E-state index contributed by atoms with van der Waals surface area (Å²) < 4.78 is 1.89. The van der Waals surface area contributed by atoms with E-state index in [0.717, 1.165) is 36.4 Å². The molecular formula is C13H13N3O3S. The molecule has 1 aliphatic heterocycles. The van der Waals surface area contributed by atoms with Gasteiger partial charge in [0, 0.05) is 23.2 Å². The number of aromatic carboxylic acids is 1. The fourth-order valence-electron chi connectivity index (χ4n) is 2.32. The van der Waals surface area contributed by atoms with Gasteiger partial charge in [-0.1, -0.05) is 0 Å². The van der Waals surface area contributed by atoms with Crippen molar-refractivity contribution in [2.45, 2.75) is 26.3 Å². The van der Waals surface area contributed by atoms with Crippen LogP contribution in [0.25, 0.3) is 0 Å². The highest BCUT2D eigenvalue weighted by molar-refractivity contribution is 7.14. The highest BCUT2D eigenvalue weighted by Crippen LogP contribution is 2.23. The second-order valence-electron chi connectivity index (χ2n) is 4.69. The van der Waals surface area contributed by atoms with Crippen molar-refractivity contribution in [3.63, 3.8) is 0 Å². The van der Waals surface area contributed by atoms with E-state index >= 15 is 0 Å². The van der Waals surface area contributed by atoms with Gasteiger partial charge in [0.25, 0.3) is 5.91 Å². The number of anilines is 1. The molecule has 2 aromatic rings. The number of hydrogen-bond donors (Lipinski definition) is 2. The van der Waals surface area contributed by atoms with E-state index in [1.165, 1.54) is 6.07 Å². The number of carbonyl (C=O) groups is 2. The lowest BCUT2D eigenvalue weighted by Gasteiger charge is -2.00. The van der Waals surface area contributed by atoms with Crippen LogP contribution in [0.2, 0.25) is 0 Å². The highest BCUT2D eigenvalue weighted by Gasteiger charge is 2.19. The first-order chi connectivity index (χ1) is 9.54. The average molecular weight is 291 g/mol. The Hall–Kier alpha value is -2.15. The maximum atomic E-state index is 12.2. The topological polar surface area (TPSA) is 84.2 Å². The largest absolute Gasteiger partial charge is 0.477 e. The maximum Gasteiger partial charge on any atom is 0.345 e. The minimum atomic E-state index is -1.02. The third-order valence-electron chi connectivity index (χ3n) is 3.28. The molecule has 1 amide bonds. The van der Waals surface area contributed by atoms with Gasteiger partial charge in [-0.25, -0.2) is 4.79 Å². The van der Waals surface area contributed by atoms with Crippen LogP contribution in [0.15, 0.2) is 12.1 Å². The van der Waals surface area contributed by atoms with Crippen LogP contribution >= 0.6 is 11.3 Å². The Balaban J connectivity index is 1.80. The van der Waals surface area contributed by atoms with Gasteiger partial charge in [-0.05, 0) is 25.8 Å². The summed E-state index contributed by atoms with van der Waals surface area (Å²) in [7, 11) is 0. The van der Waals surface area contributed by atoms with Crippen LogP contribution in [0.5, 0.6) is 0 Å². The van der Waals surface area contributed by atoms with Crippen molar-refractivity contribution in [3.05, 3.63) is 33.1 Å². The Labute approximate surface area is 119 Å². The number of aryl methyl sites for hydroxylation is 3. The Morgan fingerprint density at radius 1 is 1.45 bits per heavy atom. The number of carbonyl (C=O) groups excluding carboxylic acids is 1. The summed E-state index contributed by atoms with van der Waals surface area (Å²) in [5.41, 5.74) is 1.51. The monoisotopic (exact) mass is 291 g/mol. The number of rotatable bonds is 3. The van der Waals surface area contributed by atoms with Crippen molar-refractivity contribution in [3.8, 4) is 0 Å². The van der Waals surface area contributed by atoms with Crippen LogP contribution in [0, 0.1) is 6.92 Å². The number of nitrogens with one attached hydrogen (secondary N) is 1. The van der Waals surface area contributed by atoms with E-state index in [0.29, 0.717) is 16.3 Å². The van der Waals surface area contributed by atoms with Crippen molar-refractivity contribution >= 4 is 29.0 Å². The average Bonchev–Trinajstić information content (AvgIpc) is 3.02. The SMILES string of the molecule is Cc1sc(C(=O)O)cc1C(=O)Nc1cc2n(n1)CCC2. The van der Waals surface area contributed by atoms with Gasteiger partial charge in [0.1, 0.15) is 4.88 Å². The molecule has 1 aliphatic rings. The molecule has 0 aliphatic carbocycles. The molecule has 0 radical (unpaired) electrons. The Morgan fingerprint density at radius 3 is 2.90 bits per heavy atom. The van der Waals surface area contributed by atoms with Gasteiger partial charge in [-0.15, -0.1) is 11.3 Å². The van der Waals surface area contributed by atoms with Crippen molar-refractivity contribution in [2.24, 2.45) is 0 Å². The fraction of sp³-hybridized carbons (Fsp3) is 0.308. The second kappa shape index (κ2) is 4.75. The summed E-state index contributed by atoms with van der Waals surface area (Å²) in [6.45, 7) is 2.62. The van der Waals surface area contributed by atoms with Gasteiger partial charge < -0.3 is 10.4 Å². The minimum Gasteiger partial charge on any atom is -0.477 e. The molecular weight excluding hydrogens is 278 g/mol. The molecule has 2 aromatic heterocycles. The smallest absolute Gasteiger partial charge is 0.345 e. The Kier molecular flexibility index (Phi) is 3.06. The van der Waals surface area contributed by atoms with Crippen LogP contribution in [-0.4, -0.2) is 26.8 Å². The van der Waals surface area contributed by atoms with Crippen LogP contribution < -0.4 is 5.32 Å². The first-order valence-corrected chi connectivity index (χ1v) is 7.08. The predicted octanol–water partition coefficient (Wildman–Crippen LogP) is 2.15. The first-order valence-electron chi connectivity index (χ1n) is 6.26. The van der Waals surface area contributed by atoms with Crippen molar-refractivity contribution in [1.82, 2.24) is 9.78 Å². The lowest BCUT2D eigenvalue weighted by Crippen LogP contribution is -2.13. The number of carboxylic acid groups (broad SMARTS) is 1. The normalized spacial score (nSPS) is 13.2. The van der Waals surface area contributed by atoms with Gasteiger partial charge >= 0.3 is 5.97 Å². The molecule has 2 N–H and O–H groups in total. The summed E-state index contributed by atoms with van der Waals surface area (Å²) in [6.07, 6.45) is 2.06. The Morgan fingerprint density at radius 2 is 2.25 bits per heavy atom. The summed E-state index contributed by atoms with van der Waals surface area (Å²) in [5.74, 6) is -0.812. The van der Waals surface area contributed by atoms with Crippen molar-refractivity contribution < 1.29 is 14.7 Å². The molecule has 0 saturated carbocycles. The molecule has 0 aromatic carbocycles. The molecule has 0 fully saturated rings. The van der Waals surface area contributed by atoms with Crippen LogP contribution in [0.3, 0.4) is 0 Å². The van der Waals surface area contributed by atoms with Crippen molar-refractivity contribution in [2.75, 3.05) is 5.32 Å². The standard InChI is InChI=1S/C13H13N3O3S/c1-7-9(6-10(20-7)13(18)19)12(17)14-11-5-8-3-2-4-16(8)15-11/h5-6H,2-4H2,1H3,(H,18,19)(H,14,15,17). The summed E-state index contributed by atoms with van der Waals surface area (Å²) in [4.78, 5) is 23.9. The molecule has 0 bridgehead atoms. The number of aromatic nitrogens is 2. The van der Waals surface area contributed by atoms with E-state index in [-0.39, 0.29) is 10.8 Å². The molecule has 20 heavy (non-hydrogen) atoms. The molecule has 0 unspecified atom stereocenters. The van der Waals surface area contributed by atoms with Gasteiger partial charge in [0.05, 0.1) is 5.56 Å². The lowest BCUT2D eigenvalue weighted by atomic mass is 10.2. The van der Waals surface area contributed by atoms with Crippen molar-refractivity contribution in [1.29, 1.82) is 0 Å². The number of thiophene rings is 1. The number of hydrogen-bond acceptors (Lipinski definition) is 4. The fourth-order valence-corrected chi connectivity index (χ4v) is 3.17. The third kappa shape index (κ3) is 2.20. The van der Waals surface area contributed by atoms with Gasteiger partial charge in [-0.3, -0.25) is 9.48 Å². The third-order valence-corrected chi connectivity index (χ3v) is 4.32. The van der Waals surface area contributed by atoms with Crippen LogP contribution in [0.4, 0.5) is 5.82 Å². The summed E-state index contributed by atoms with van der Waals surface area (Å²) in [5, 5.41) is 16.0. The van der Waals surface area contributed by atoms with E-state index < -0.39 is 5.97 Å². The summed E-state index contributed by atoms with van der Waals surface area (Å²) in [6, 6.07) is 3.27. The van der Waals surface area contributed by atoms with Crippen LogP contribution in [-0.2, 0) is 13.0 Å². The number of amides is 1. The molecule has 104 valence electrons. The second-order valence-corrected chi connectivity index (χ2v) is 5.94. The zero-order valence-corrected chi connectivity index (χ0v) is 11.7. The van der Waals surface area contributed by atoms with E-state index in [4.69, 9.17) is 5.11 Å². The molecule has 0 saturated heterocycles. The number of nitrogens with zero attached hydrogens (tertiary/aromatic N) is 2. The zero-order valence-electron chi connectivity index (χ0n) is 10.8. The number of fused-ring (bicyclic) bond motifs is 1. The van der Waals surface area contributed by atoms with Crippen LogP contribution in [0.1, 0.15) is 37.0 Å². The number of carboxylic acids is 1. The van der Waals surface area contributed by atoms with E-state index in [2.05, 4.69) is 10.4 Å². The van der Waals surface area contributed by atoms with Gasteiger partial charge in [0.2, 0.25) is 0 Å². The molecule has 6 nitrogen and oxygen atoms in total. The Bertz CT molecular complexity index is 680. The van der Waals surface area contributed by atoms with Gasteiger partial charge in [0.15, 0.2) is 5.82 Å². The van der Waals surface area contributed by atoms with E-state index in [9.17, 15) is 9.59 Å². The molecule has 0 atom stereocenters.